The fraction of sp³-hybridized carbons (Fsp3) is 0.538. The lowest BCUT2D eigenvalue weighted by molar-refractivity contribution is -0.386. The van der Waals surface area contributed by atoms with Gasteiger partial charge in [0.25, 0.3) is 0 Å². The van der Waals surface area contributed by atoms with Gasteiger partial charge in [-0.2, -0.15) is 0 Å². The maximum Gasteiger partial charge on any atom is 0.314 e. The van der Waals surface area contributed by atoms with Gasteiger partial charge < -0.3 is 19.5 Å². The van der Waals surface area contributed by atoms with E-state index in [-0.39, 0.29) is 11.4 Å². The minimum absolute atomic E-state index is 0.112. The minimum Gasteiger partial charge on any atom is -0.486 e. The lowest BCUT2D eigenvalue weighted by Crippen LogP contribution is -2.27. The Bertz CT molecular complexity index is 490. The summed E-state index contributed by atoms with van der Waals surface area (Å²) < 4.78 is 16.2. The zero-order chi connectivity index (χ0) is 14.5. The molecule has 0 aliphatic carbocycles. The summed E-state index contributed by atoms with van der Waals surface area (Å²) >= 11 is 0. The molecule has 1 aromatic carbocycles. The summed E-state index contributed by atoms with van der Waals surface area (Å²) in [4.78, 5) is 10.6. The van der Waals surface area contributed by atoms with Gasteiger partial charge in [-0.1, -0.05) is 13.8 Å². The summed E-state index contributed by atoms with van der Waals surface area (Å²) in [7, 11) is 0. The summed E-state index contributed by atoms with van der Waals surface area (Å²) in [6.45, 7) is 5.82. The molecule has 0 bridgehead atoms. The molecular weight excluding hydrogens is 264 g/mol. The van der Waals surface area contributed by atoms with Crippen molar-refractivity contribution in [3.63, 3.8) is 0 Å². The highest BCUT2D eigenvalue weighted by atomic mass is 16.6. The van der Waals surface area contributed by atoms with E-state index in [1.165, 1.54) is 12.1 Å². The van der Waals surface area contributed by atoms with Crippen LogP contribution in [-0.4, -0.2) is 37.3 Å². The molecule has 1 N–H and O–H groups in total. The highest BCUT2D eigenvalue weighted by Gasteiger charge is 2.23. The van der Waals surface area contributed by atoms with Crippen LogP contribution in [0.5, 0.6) is 17.2 Å². The van der Waals surface area contributed by atoms with Crippen molar-refractivity contribution in [2.24, 2.45) is 0 Å². The van der Waals surface area contributed by atoms with Crippen LogP contribution in [0.4, 0.5) is 5.69 Å². The van der Waals surface area contributed by atoms with E-state index in [1.807, 2.05) is 13.8 Å². The van der Waals surface area contributed by atoms with Gasteiger partial charge >= 0.3 is 5.69 Å². The normalized spacial score (nSPS) is 13.3. The van der Waals surface area contributed by atoms with Crippen molar-refractivity contribution in [1.29, 1.82) is 0 Å². The lowest BCUT2D eigenvalue weighted by atomic mass is 10.2. The van der Waals surface area contributed by atoms with Crippen molar-refractivity contribution in [3.8, 4) is 17.2 Å². The number of nitrogens with zero attached hydrogens (tertiary/aromatic N) is 1. The average molecular weight is 282 g/mol. The molecule has 7 heteroatoms. The molecule has 0 saturated heterocycles. The van der Waals surface area contributed by atoms with Crippen molar-refractivity contribution in [2.75, 3.05) is 26.4 Å². The Morgan fingerprint density at radius 1 is 1.35 bits per heavy atom. The fourth-order valence-corrected chi connectivity index (χ4v) is 1.83. The smallest absolute Gasteiger partial charge is 0.314 e. The van der Waals surface area contributed by atoms with Gasteiger partial charge in [-0.25, -0.2) is 0 Å². The van der Waals surface area contributed by atoms with E-state index in [4.69, 9.17) is 14.2 Å². The third-order valence-electron chi connectivity index (χ3n) is 2.73. The van der Waals surface area contributed by atoms with Crippen LogP contribution in [0, 0.1) is 10.1 Å². The molecule has 110 valence electrons. The van der Waals surface area contributed by atoms with Crippen LogP contribution in [0.15, 0.2) is 12.1 Å². The number of hydrogen-bond acceptors (Lipinski definition) is 6. The van der Waals surface area contributed by atoms with Crippen molar-refractivity contribution >= 4 is 5.69 Å². The van der Waals surface area contributed by atoms with Crippen molar-refractivity contribution in [2.45, 2.75) is 19.9 Å². The molecule has 0 fully saturated rings. The molecule has 0 saturated carbocycles. The van der Waals surface area contributed by atoms with Crippen LogP contribution in [0.25, 0.3) is 0 Å². The molecule has 0 unspecified atom stereocenters. The van der Waals surface area contributed by atoms with E-state index in [0.717, 1.165) is 0 Å². The average Bonchev–Trinajstić information content (AvgIpc) is 2.42. The van der Waals surface area contributed by atoms with Crippen molar-refractivity contribution < 1.29 is 19.1 Å². The Balaban J connectivity index is 2.11. The molecule has 1 aromatic rings. The molecule has 1 aliphatic heterocycles. The zero-order valence-electron chi connectivity index (χ0n) is 11.5. The number of benzene rings is 1. The highest BCUT2D eigenvalue weighted by Crippen LogP contribution is 2.40. The molecule has 0 amide bonds. The van der Waals surface area contributed by atoms with Gasteiger partial charge in [-0.05, 0) is 0 Å². The fourth-order valence-electron chi connectivity index (χ4n) is 1.83. The summed E-state index contributed by atoms with van der Waals surface area (Å²) in [6, 6.07) is 3.20. The van der Waals surface area contributed by atoms with Crippen LogP contribution in [0.1, 0.15) is 13.8 Å². The Labute approximate surface area is 117 Å². The monoisotopic (exact) mass is 282 g/mol. The minimum atomic E-state index is -0.483. The molecule has 1 aliphatic rings. The molecule has 2 rings (SSSR count). The van der Waals surface area contributed by atoms with E-state index in [1.54, 1.807) is 0 Å². The second-order valence-electron chi connectivity index (χ2n) is 4.68. The van der Waals surface area contributed by atoms with Crippen LogP contribution in [0.3, 0.4) is 0 Å². The molecule has 0 spiro atoms. The molecule has 0 radical (unpaired) electrons. The standard InChI is InChI=1S/C13H18N2O5/c1-9(2)14-3-4-18-11-8-13-12(19-5-6-20-13)7-10(11)15(16)17/h7-9,14H,3-6H2,1-2H3. The Hall–Kier alpha value is -2.02. The van der Waals surface area contributed by atoms with Crippen LogP contribution in [-0.2, 0) is 0 Å². The Morgan fingerprint density at radius 3 is 2.60 bits per heavy atom. The molecule has 7 nitrogen and oxygen atoms in total. The van der Waals surface area contributed by atoms with Crippen molar-refractivity contribution in [3.05, 3.63) is 22.2 Å². The molecule has 1 heterocycles. The van der Waals surface area contributed by atoms with Gasteiger partial charge in [0.2, 0.25) is 5.75 Å². The van der Waals surface area contributed by atoms with Gasteiger partial charge in [-0.15, -0.1) is 0 Å². The Morgan fingerprint density at radius 2 is 2.00 bits per heavy atom. The van der Waals surface area contributed by atoms with Gasteiger partial charge in [0, 0.05) is 18.7 Å². The molecule has 20 heavy (non-hydrogen) atoms. The maximum atomic E-state index is 11.1. The first-order chi connectivity index (χ1) is 9.58. The second-order valence-corrected chi connectivity index (χ2v) is 4.68. The topological polar surface area (TPSA) is 82.9 Å². The summed E-state index contributed by atoms with van der Waals surface area (Å²) in [5.74, 6) is 1.06. The quantitative estimate of drug-likeness (QED) is 0.486. The number of rotatable bonds is 6. The SMILES string of the molecule is CC(C)NCCOc1cc2c(cc1[N+](=O)[O-])OCCO2. The first kappa shape index (κ1) is 14.4. The Kier molecular flexibility index (Phi) is 4.62. The predicted molar refractivity (Wildman–Crippen MR) is 72.7 cm³/mol. The van der Waals surface area contributed by atoms with E-state index in [9.17, 15) is 10.1 Å². The van der Waals surface area contributed by atoms with Gasteiger partial charge in [-0.3, -0.25) is 10.1 Å². The number of fused-ring (bicyclic) bond motifs is 1. The second kappa shape index (κ2) is 6.42. The number of nitro benzene ring substituents is 1. The highest BCUT2D eigenvalue weighted by molar-refractivity contribution is 5.58. The van der Waals surface area contributed by atoms with E-state index < -0.39 is 4.92 Å². The van der Waals surface area contributed by atoms with Gasteiger partial charge in [0.15, 0.2) is 11.5 Å². The summed E-state index contributed by atoms with van der Waals surface area (Å²) in [5.41, 5.74) is -0.112. The molecule has 0 atom stereocenters. The van der Waals surface area contributed by atoms with Crippen molar-refractivity contribution in [1.82, 2.24) is 5.32 Å². The van der Waals surface area contributed by atoms with Gasteiger partial charge in [0.05, 0.1) is 11.0 Å². The first-order valence-electron chi connectivity index (χ1n) is 6.52. The summed E-state index contributed by atoms with van der Waals surface area (Å²) in [6.07, 6.45) is 0. The molecular formula is C13H18N2O5. The first-order valence-corrected chi connectivity index (χ1v) is 6.52. The van der Waals surface area contributed by atoms with E-state index in [2.05, 4.69) is 5.32 Å². The third kappa shape index (κ3) is 3.51. The third-order valence-corrected chi connectivity index (χ3v) is 2.73. The molecule has 0 aromatic heterocycles. The predicted octanol–water partition coefficient (Wildman–Crippen LogP) is 1.74. The van der Waals surface area contributed by atoms with Crippen LogP contribution in [0.2, 0.25) is 0 Å². The van der Waals surface area contributed by atoms with E-state index in [0.29, 0.717) is 43.9 Å². The summed E-state index contributed by atoms with van der Waals surface area (Å²) in [5, 5.41) is 14.2. The van der Waals surface area contributed by atoms with Gasteiger partial charge in [0.1, 0.15) is 19.8 Å². The largest absolute Gasteiger partial charge is 0.486 e. The number of hydrogen-bond donors (Lipinski definition) is 1. The number of ether oxygens (including phenoxy) is 3. The number of nitro groups is 1. The van der Waals surface area contributed by atoms with Crippen LogP contribution < -0.4 is 19.5 Å². The van der Waals surface area contributed by atoms with Crippen LogP contribution >= 0.6 is 0 Å². The zero-order valence-corrected chi connectivity index (χ0v) is 11.5. The lowest BCUT2D eigenvalue weighted by Gasteiger charge is -2.19. The maximum absolute atomic E-state index is 11.1. The number of nitrogens with one attached hydrogen (secondary N) is 1. The van der Waals surface area contributed by atoms with E-state index >= 15 is 0 Å².